The summed E-state index contributed by atoms with van der Waals surface area (Å²) < 4.78 is 31.0. The SMILES string of the molecule is C/C(CC(N)=O)=N\Nc1ccc(Cl)c(S(=O)(=O)O)c1. The van der Waals surface area contributed by atoms with E-state index in [1.807, 2.05) is 0 Å². The lowest BCUT2D eigenvalue weighted by Gasteiger charge is -2.05. The summed E-state index contributed by atoms with van der Waals surface area (Å²) in [5.41, 5.74) is 8.24. The van der Waals surface area contributed by atoms with Gasteiger partial charge in [-0.05, 0) is 25.1 Å². The Kier molecular flexibility index (Phi) is 4.87. The predicted molar refractivity (Wildman–Crippen MR) is 71.8 cm³/mol. The number of halogens is 1. The molecule has 1 aromatic rings. The van der Waals surface area contributed by atoms with Gasteiger partial charge in [0.25, 0.3) is 10.1 Å². The van der Waals surface area contributed by atoms with Crippen molar-refractivity contribution in [2.75, 3.05) is 5.43 Å². The molecule has 1 aromatic carbocycles. The fraction of sp³-hybridized carbons (Fsp3) is 0.200. The van der Waals surface area contributed by atoms with Crippen molar-refractivity contribution in [2.24, 2.45) is 10.8 Å². The molecule has 7 nitrogen and oxygen atoms in total. The Morgan fingerprint density at radius 1 is 1.53 bits per heavy atom. The number of nitrogens with two attached hydrogens (primary N) is 1. The Balaban J connectivity index is 2.96. The minimum atomic E-state index is -4.41. The molecule has 4 N–H and O–H groups in total. The maximum absolute atomic E-state index is 11.0. The van der Waals surface area contributed by atoms with Gasteiger partial charge in [-0.3, -0.25) is 14.8 Å². The van der Waals surface area contributed by atoms with Crippen LogP contribution < -0.4 is 11.2 Å². The minimum Gasteiger partial charge on any atom is -0.369 e. The third kappa shape index (κ3) is 4.86. The first kappa shape index (κ1) is 15.4. The Labute approximate surface area is 115 Å². The quantitative estimate of drug-likeness (QED) is 0.429. The van der Waals surface area contributed by atoms with Crippen LogP contribution in [0.3, 0.4) is 0 Å². The molecule has 0 saturated carbocycles. The molecule has 0 aromatic heterocycles. The van der Waals surface area contributed by atoms with Crippen LogP contribution >= 0.6 is 11.6 Å². The molecule has 0 saturated heterocycles. The number of primary amides is 1. The van der Waals surface area contributed by atoms with Gasteiger partial charge >= 0.3 is 0 Å². The van der Waals surface area contributed by atoms with E-state index in [0.717, 1.165) is 6.07 Å². The van der Waals surface area contributed by atoms with E-state index in [1.54, 1.807) is 6.92 Å². The average Bonchev–Trinajstić information content (AvgIpc) is 2.25. The van der Waals surface area contributed by atoms with Crippen molar-refractivity contribution in [3.63, 3.8) is 0 Å². The number of nitrogens with zero attached hydrogens (tertiary/aromatic N) is 1. The van der Waals surface area contributed by atoms with Crippen LogP contribution in [-0.4, -0.2) is 24.6 Å². The molecule has 1 amide bonds. The fourth-order valence-electron chi connectivity index (χ4n) is 1.22. The number of carbonyl (C=O) groups excluding carboxylic acids is 1. The summed E-state index contributed by atoms with van der Waals surface area (Å²) in [5.74, 6) is -0.530. The van der Waals surface area contributed by atoms with Crippen molar-refractivity contribution < 1.29 is 17.8 Å². The van der Waals surface area contributed by atoms with Crippen LogP contribution in [-0.2, 0) is 14.9 Å². The van der Waals surface area contributed by atoms with Crippen LogP contribution in [0.25, 0.3) is 0 Å². The Bertz CT molecular complexity index is 628. The Morgan fingerprint density at radius 3 is 2.68 bits per heavy atom. The van der Waals surface area contributed by atoms with E-state index >= 15 is 0 Å². The van der Waals surface area contributed by atoms with Gasteiger partial charge in [-0.2, -0.15) is 13.5 Å². The van der Waals surface area contributed by atoms with Crippen molar-refractivity contribution in [3.8, 4) is 0 Å². The molecule has 0 aliphatic heterocycles. The topological polar surface area (TPSA) is 122 Å². The molecule has 9 heteroatoms. The summed E-state index contributed by atoms with van der Waals surface area (Å²) in [6.07, 6.45) is -0.0221. The molecule has 0 aliphatic rings. The molecule has 104 valence electrons. The second-order valence-corrected chi connectivity index (χ2v) is 5.52. The molecule has 0 unspecified atom stereocenters. The van der Waals surface area contributed by atoms with Gasteiger partial charge in [0.05, 0.1) is 17.1 Å². The van der Waals surface area contributed by atoms with E-state index in [9.17, 15) is 13.2 Å². The van der Waals surface area contributed by atoms with E-state index in [0.29, 0.717) is 11.4 Å². The first-order valence-electron chi connectivity index (χ1n) is 5.04. The summed E-state index contributed by atoms with van der Waals surface area (Å²) >= 11 is 5.65. The lowest BCUT2D eigenvalue weighted by atomic mass is 10.3. The highest BCUT2D eigenvalue weighted by molar-refractivity contribution is 7.86. The molecule has 0 radical (unpaired) electrons. The fourth-order valence-corrected chi connectivity index (χ4v) is 2.22. The van der Waals surface area contributed by atoms with Crippen LogP contribution in [0.1, 0.15) is 13.3 Å². The zero-order valence-corrected chi connectivity index (χ0v) is 11.5. The van der Waals surface area contributed by atoms with Crippen LogP contribution in [0.5, 0.6) is 0 Å². The highest BCUT2D eigenvalue weighted by atomic mass is 35.5. The number of hydrogen-bond acceptors (Lipinski definition) is 5. The molecular weight excluding hydrogens is 294 g/mol. The van der Waals surface area contributed by atoms with Gasteiger partial charge in [-0.1, -0.05) is 11.6 Å². The van der Waals surface area contributed by atoms with Crippen LogP contribution in [0, 0.1) is 0 Å². The molecule has 0 heterocycles. The van der Waals surface area contributed by atoms with Gasteiger partial charge in [-0.25, -0.2) is 0 Å². The standard InChI is InChI=1S/C10H12ClN3O4S/c1-6(4-10(12)15)13-14-7-2-3-8(11)9(5-7)19(16,17)18/h2-3,5,14H,4H2,1H3,(H2,12,15)(H,16,17,18)/b13-6+. The summed E-state index contributed by atoms with van der Waals surface area (Å²) in [7, 11) is -4.41. The number of anilines is 1. The van der Waals surface area contributed by atoms with Gasteiger partial charge < -0.3 is 5.73 Å². The molecule has 0 bridgehead atoms. The number of carbonyl (C=O) groups is 1. The molecule has 19 heavy (non-hydrogen) atoms. The van der Waals surface area contributed by atoms with E-state index in [4.69, 9.17) is 21.9 Å². The highest BCUT2D eigenvalue weighted by Gasteiger charge is 2.14. The number of hydrogen-bond donors (Lipinski definition) is 3. The lowest BCUT2D eigenvalue weighted by Crippen LogP contribution is -2.15. The van der Waals surface area contributed by atoms with E-state index in [2.05, 4.69) is 10.5 Å². The molecular formula is C10H12ClN3O4S. The van der Waals surface area contributed by atoms with E-state index in [1.165, 1.54) is 12.1 Å². The number of hydrazone groups is 1. The first-order chi connectivity index (χ1) is 8.70. The Morgan fingerprint density at radius 2 is 2.16 bits per heavy atom. The van der Waals surface area contributed by atoms with Crippen molar-refractivity contribution in [1.82, 2.24) is 0 Å². The normalized spacial score (nSPS) is 12.3. The van der Waals surface area contributed by atoms with Crippen molar-refractivity contribution in [2.45, 2.75) is 18.2 Å². The zero-order valence-electron chi connectivity index (χ0n) is 9.92. The third-order valence-electron chi connectivity index (χ3n) is 2.02. The van der Waals surface area contributed by atoms with Gasteiger partial charge in [-0.15, -0.1) is 0 Å². The monoisotopic (exact) mass is 305 g/mol. The number of benzene rings is 1. The van der Waals surface area contributed by atoms with Crippen LogP contribution in [0.15, 0.2) is 28.2 Å². The summed E-state index contributed by atoms with van der Waals surface area (Å²) in [5, 5.41) is 3.73. The van der Waals surface area contributed by atoms with Crippen molar-refractivity contribution in [1.29, 1.82) is 0 Å². The zero-order chi connectivity index (χ0) is 14.6. The van der Waals surface area contributed by atoms with Crippen molar-refractivity contribution in [3.05, 3.63) is 23.2 Å². The largest absolute Gasteiger partial charge is 0.369 e. The van der Waals surface area contributed by atoms with E-state index in [-0.39, 0.29) is 11.4 Å². The molecule has 0 fully saturated rings. The third-order valence-corrected chi connectivity index (χ3v) is 3.35. The summed E-state index contributed by atoms with van der Waals surface area (Å²) in [6.45, 7) is 1.58. The van der Waals surface area contributed by atoms with Crippen LogP contribution in [0.4, 0.5) is 5.69 Å². The first-order valence-corrected chi connectivity index (χ1v) is 6.86. The lowest BCUT2D eigenvalue weighted by molar-refractivity contribution is -0.116. The highest BCUT2D eigenvalue weighted by Crippen LogP contribution is 2.24. The van der Waals surface area contributed by atoms with Crippen molar-refractivity contribution >= 4 is 39.0 Å². The van der Waals surface area contributed by atoms with E-state index < -0.39 is 20.9 Å². The number of rotatable bonds is 5. The van der Waals surface area contributed by atoms with Gasteiger partial charge in [0.1, 0.15) is 4.90 Å². The smallest absolute Gasteiger partial charge is 0.296 e. The Hall–Kier alpha value is -1.64. The maximum Gasteiger partial charge on any atom is 0.296 e. The van der Waals surface area contributed by atoms with Gasteiger partial charge in [0, 0.05) is 5.71 Å². The minimum absolute atomic E-state index is 0.0221. The maximum atomic E-state index is 11.0. The molecule has 0 atom stereocenters. The second-order valence-electron chi connectivity index (χ2n) is 3.72. The molecule has 0 aliphatic carbocycles. The second kappa shape index (κ2) is 6.00. The predicted octanol–water partition coefficient (Wildman–Crippen LogP) is 1.25. The summed E-state index contributed by atoms with van der Waals surface area (Å²) in [6, 6.07) is 3.89. The number of amides is 1. The molecule has 0 spiro atoms. The average molecular weight is 306 g/mol. The number of nitrogens with one attached hydrogen (secondary N) is 1. The summed E-state index contributed by atoms with van der Waals surface area (Å²) in [4.78, 5) is 10.2. The van der Waals surface area contributed by atoms with Crippen LogP contribution in [0.2, 0.25) is 5.02 Å². The van der Waals surface area contributed by atoms with Gasteiger partial charge in [0.15, 0.2) is 0 Å². The molecule has 1 rings (SSSR count). The van der Waals surface area contributed by atoms with Gasteiger partial charge in [0.2, 0.25) is 5.91 Å².